The Bertz CT molecular complexity index is 464. The van der Waals surface area contributed by atoms with Gasteiger partial charge in [-0.1, -0.05) is 0 Å². The van der Waals surface area contributed by atoms with Crippen LogP contribution in [0.2, 0.25) is 0 Å². The standard InChI is InChI=1S/C14H21N3O2/c1-14(19-3)6-4-8-17(10-14)13(18)11-9-16-7-5-12(11)15-2/h5,7,9H,4,6,8,10H2,1-3H3,(H,15,16). The number of ether oxygens (including phenoxy) is 1. The number of amides is 1. The average molecular weight is 263 g/mol. The number of anilines is 1. The maximum Gasteiger partial charge on any atom is 0.257 e. The number of likely N-dealkylation sites (tertiary alicyclic amines) is 1. The summed E-state index contributed by atoms with van der Waals surface area (Å²) in [6, 6.07) is 1.81. The van der Waals surface area contributed by atoms with Crippen molar-refractivity contribution in [2.75, 3.05) is 32.6 Å². The Hall–Kier alpha value is -1.62. The molecule has 1 aliphatic heterocycles. The fourth-order valence-corrected chi connectivity index (χ4v) is 2.50. The Morgan fingerprint density at radius 3 is 3.05 bits per heavy atom. The maximum atomic E-state index is 12.6. The number of rotatable bonds is 3. The van der Waals surface area contributed by atoms with Crippen LogP contribution in [0.1, 0.15) is 30.1 Å². The van der Waals surface area contributed by atoms with Crippen LogP contribution in [-0.2, 0) is 4.74 Å². The number of carbonyl (C=O) groups excluding carboxylic acids is 1. The van der Waals surface area contributed by atoms with Gasteiger partial charge in [-0.2, -0.15) is 0 Å². The molecule has 0 radical (unpaired) electrons. The number of hydrogen-bond donors (Lipinski definition) is 1. The monoisotopic (exact) mass is 263 g/mol. The first kappa shape index (κ1) is 13.8. The molecule has 104 valence electrons. The Morgan fingerprint density at radius 1 is 1.58 bits per heavy atom. The zero-order valence-corrected chi connectivity index (χ0v) is 11.8. The normalized spacial score (nSPS) is 23.2. The Morgan fingerprint density at radius 2 is 2.37 bits per heavy atom. The van der Waals surface area contributed by atoms with Gasteiger partial charge in [0.05, 0.1) is 11.2 Å². The molecule has 0 saturated carbocycles. The third-order valence-electron chi connectivity index (χ3n) is 3.76. The van der Waals surface area contributed by atoms with Crippen molar-refractivity contribution in [3.63, 3.8) is 0 Å². The quantitative estimate of drug-likeness (QED) is 0.903. The molecule has 0 aromatic carbocycles. The van der Waals surface area contributed by atoms with Crippen LogP contribution < -0.4 is 5.32 Å². The highest BCUT2D eigenvalue weighted by molar-refractivity contribution is 5.99. The largest absolute Gasteiger partial charge is 0.387 e. The van der Waals surface area contributed by atoms with Crippen molar-refractivity contribution >= 4 is 11.6 Å². The van der Waals surface area contributed by atoms with E-state index in [0.717, 1.165) is 25.1 Å². The highest BCUT2D eigenvalue weighted by Crippen LogP contribution is 2.26. The summed E-state index contributed by atoms with van der Waals surface area (Å²) in [5, 5.41) is 3.03. The number of nitrogens with one attached hydrogen (secondary N) is 1. The minimum absolute atomic E-state index is 0.0143. The van der Waals surface area contributed by atoms with Crippen molar-refractivity contribution < 1.29 is 9.53 Å². The van der Waals surface area contributed by atoms with E-state index in [1.165, 1.54) is 0 Å². The molecule has 1 fully saturated rings. The van der Waals surface area contributed by atoms with E-state index < -0.39 is 0 Å². The minimum atomic E-state index is -0.240. The van der Waals surface area contributed by atoms with E-state index in [1.54, 1.807) is 19.5 Å². The van der Waals surface area contributed by atoms with Gasteiger partial charge in [0.15, 0.2) is 0 Å². The second kappa shape index (κ2) is 5.57. The van der Waals surface area contributed by atoms with Gasteiger partial charge in [0.1, 0.15) is 0 Å². The van der Waals surface area contributed by atoms with Crippen LogP contribution in [0.5, 0.6) is 0 Å². The molecule has 1 aromatic rings. The number of carbonyl (C=O) groups is 1. The highest BCUT2D eigenvalue weighted by Gasteiger charge is 2.33. The van der Waals surface area contributed by atoms with Gasteiger partial charge in [-0.05, 0) is 25.8 Å². The third kappa shape index (κ3) is 2.87. The molecule has 0 spiro atoms. The summed E-state index contributed by atoms with van der Waals surface area (Å²) in [5.41, 5.74) is 1.19. The van der Waals surface area contributed by atoms with Crippen molar-refractivity contribution in [3.8, 4) is 0 Å². The number of hydrogen-bond acceptors (Lipinski definition) is 4. The van der Waals surface area contributed by atoms with Gasteiger partial charge < -0.3 is 15.0 Å². The zero-order chi connectivity index (χ0) is 13.9. The van der Waals surface area contributed by atoms with Crippen LogP contribution in [0.25, 0.3) is 0 Å². The fourth-order valence-electron chi connectivity index (χ4n) is 2.50. The molecule has 2 heterocycles. The average Bonchev–Trinajstić information content (AvgIpc) is 2.46. The smallest absolute Gasteiger partial charge is 0.257 e. The van der Waals surface area contributed by atoms with Gasteiger partial charge in [-0.15, -0.1) is 0 Å². The zero-order valence-electron chi connectivity index (χ0n) is 11.8. The molecule has 1 aromatic heterocycles. The fraction of sp³-hybridized carbons (Fsp3) is 0.571. The van der Waals surface area contributed by atoms with Crippen LogP contribution >= 0.6 is 0 Å². The van der Waals surface area contributed by atoms with Crippen LogP contribution in [0.15, 0.2) is 18.5 Å². The number of nitrogens with zero attached hydrogens (tertiary/aromatic N) is 2. The Balaban J connectivity index is 2.19. The predicted molar refractivity (Wildman–Crippen MR) is 74.3 cm³/mol. The first-order chi connectivity index (χ1) is 9.09. The van der Waals surface area contributed by atoms with Gasteiger partial charge in [0.2, 0.25) is 0 Å². The number of piperidine rings is 1. The minimum Gasteiger partial charge on any atom is -0.387 e. The lowest BCUT2D eigenvalue weighted by Gasteiger charge is -2.39. The lowest BCUT2D eigenvalue weighted by atomic mass is 9.94. The highest BCUT2D eigenvalue weighted by atomic mass is 16.5. The summed E-state index contributed by atoms with van der Waals surface area (Å²) in [6.07, 6.45) is 5.25. The van der Waals surface area contributed by atoms with E-state index in [2.05, 4.69) is 17.2 Å². The molecule has 1 saturated heterocycles. The second-order valence-corrected chi connectivity index (χ2v) is 5.16. The van der Waals surface area contributed by atoms with E-state index in [-0.39, 0.29) is 11.5 Å². The van der Waals surface area contributed by atoms with Crippen molar-refractivity contribution in [1.29, 1.82) is 0 Å². The molecule has 0 aliphatic carbocycles. The molecule has 5 nitrogen and oxygen atoms in total. The lowest BCUT2D eigenvalue weighted by molar-refractivity contribution is -0.0440. The van der Waals surface area contributed by atoms with E-state index in [0.29, 0.717) is 12.1 Å². The van der Waals surface area contributed by atoms with Crippen LogP contribution in [0.3, 0.4) is 0 Å². The van der Waals surface area contributed by atoms with E-state index in [4.69, 9.17) is 4.74 Å². The van der Waals surface area contributed by atoms with Gasteiger partial charge in [0, 0.05) is 45.3 Å². The molecular weight excluding hydrogens is 242 g/mol. The van der Waals surface area contributed by atoms with E-state index in [9.17, 15) is 4.79 Å². The van der Waals surface area contributed by atoms with Crippen molar-refractivity contribution in [2.45, 2.75) is 25.4 Å². The predicted octanol–water partition coefficient (Wildman–Crippen LogP) is 1.76. The van der Waals surface area contributed by atoms with Gasteiger partial charge >= 0.3 is 0 Å². The van der Waals surface area contributed by atoms with E-state index in [1.807, 2.05) is 18.0 Å². The summed E-state index contributed by atoms with van der Waals surface area (Å²) < 4.78 is 5.53. The summed E-state index contributed by atoms with van der Waals surface area (Å²) >= 11 is 0. The second-order valence-electron chi connectivity index (χ2n) is 5.16. The van der Waals surface area contributed by atoms with E-state index >= 15 is 0 Å². The molecule has 1 amide bonds. The molecule has 5 heteroatoms. The number of methoxy groups -OCH3 is 1. The summed E-state index contributed by atoms with van der Waals surface area (Å²) in [6.45, 7) is 3.45. The van der Waals surface area contributed by atoms with Gasteiger partial charge in [-0.3, -0.25) is 9.78 Å². The molecule has 1 atom stereocenters. The molecule has 2 rings (SSSR count). The maximum absolute atomic E-state index is 12.6. The summed E-state index contributed by atoms with van der Waals surface area (Å²) in [7, 11) is 3.51. The Labute approximate surface area is 114 Å². The molecule has 0 bridgehead atoms. The molecule has 1 unspecified atom stereocenters. The molecular formula is C14H21N3O2. The molecule has 19 heavy (non-hydrogen) atoms. The third-order valence-corrected chi connectivity index (χ3v) is 3.76. The summed E-state index contributed by atoms with van der Waals surface area (Å²) in [5.74, 6) is 0.0143. The topological polar surface area (TPSA) is 54.5 Å². The first-order valence-electron chi connectivity index (χ1n) is 6.56. The first-order valence-corrected chi connectivity index (χ1v) is 6.56. The number of aromatic nitrogens is 1. The van der Waals surface area contributed by atoms with Crippen molar-refractivity contribution in [3.05, 3.63) is 24.0 Å². The van der Waals surface area contributed by atoms with Crippen LogP contribution in [0.4, 0.5) is 5.69 Å². The van der Waals surface area contributed by atoms with Gasteiger partial charge in [-0.25, -0.2) is 0 Å². The SMILES string of the molecule is CNc1ccncc1C(=O)N1CCCC(C)(OC)C1. The van der Waals surface area contributed by atoms with Crippen molar-refractivity contribution in [1.82, 2.24) is 9.88 Å². The van der Waals surface area contributed by atoms with Crippen molar-refractivity contribution in [2.24, 2.45) is 0 Å². The molecule has 1 N–H and O–H groups in total. The number of pyridine rings is 1. The Kier molecular flexibility index (Phi) is 4.04. The van der Waals surface area contributed by atoms with Gasteiger partial charge in [0.25, 0.3) is 5.91 Å². The van der Waals surface area contributed by atoms with Crippen LogP contribution in [-0.4, -0.2) is 48.6 Å². The molecule has 1 aliphatic rings. The lowest BCUT2D eigenvalue weighted by Crippen LogP contribution is -2.49. The summed E-state index contributed by atoms with van der Waals surface area (Å²) in [4.78, 5) is 18.5. The van der Waals surface area contributed by atoms with Crippen LogP contribution in [0, 0.1) is 0 Å².